The Balaban J connectivity index is 1.44. The maximum atomic E-state index is 11.9. The topological polar surface area (TPSA) is 141 Å². The van der Waals surface area contributed by atoms with E-state index >= 15 is 0 Å². The van der Waals surface area contributed by atoms with Gasteiger partial charge in [-0.15, -0.1) is 0 Å². The Bertz CT molecular complexity index is 2200. The lowest BCUT2D eigenvalue weighted by Gasteiger charge is -2.52. The fourth-order valence-corrected chi connectivity index (χ4v) is 10.8. The van der Waals surface area contributed by atoms with Gasteiger partial charge in [-0.1, -0.05) is 95.0 Å². The lowest BCUT2D eigenvalue weighted by atomic mass is 9.52. The molecule has 1 aliphatic heterocycles. The molecule has 0 amide bonds. The first-order valence-electron chi connectivity index (χ1n) is 20.2. The zero-order valence-electron chi connectivity index (χ0n) is 34.6. The number of allylic oxidation sites excluding steroid dienone is 9. The van der Waals surface area contributed by atoms with E-state index in [4.69, 9.17) is 4.55 Å². The first-order chi connectivity index (χ1) is 26.6. The van der Waals surface area contributed by atoms with Crippen LogP contribution in [-0.4, -0.2) is 63.3 Å². The Hall–Kier alpha value is -3.93. The molecule has 57 heavy (non-hydrogen) atoms. The number of nitrogens with zero attached hydrogens (tertiary/aromatic N) is 1. The summed E-state index contributed by atoms with van der Waals surface area (Å²) in [4.78, 5) is 14.1. The number of para-hydroxylation sites is 2. The third kappa shape index (κ3) is 9.69. The molecule has 3 aliphatic rings. The zero-order valence-corrected chi connectivity index (χ0v) is 36.2. The number of sulfone groups is 1. The van der Waals surface area contributed by atoms with Gasteiger partial charge in [0.25, 0.3) is 10.1 Å². The van der Waals surface area contributed by atoms with E-state index in [1.807, 2.05) is 18.2 Å². The minimum Gasteiger partial charge on any atom is -0.481 e. The molecule has 3 N–H and O–H groups in total. The Kier molecular flexibility index (Phi) is 13.3. The van der Waals surface area contributed by atoms with Crippen molar-refractivity contribution in [3.63, 3.8) is 0 Å². The van der Waals surface area contributed by atoms with Crippen LogP contribution in [0.3, 0.4) is 0 Å². The SMILES string of the molecule is C=C1C=C(/C=C/C=C2/C=C3N(CCCCS(C)(=O)=O)c4ccccc4C3(C)C(C)(C)C2)CC(C)(CCCC(=O)O)C1(C)c1ccccc1NCCCCS(=O)(=O)O. The molecule has 2 aromatic carbocycles. The van der Waals surface area contributed by atoms with Crippen molar-refractivity contribution in [1.82, 2.24) is 0 Å². The second-order valence-corrected chi connectivity index (χ2v) is 21.5. The van der Waals surface area contributed by atoms with Crippen molar-refractivity contribution in [3.05, 3.63) is 119 Å². The molecule has 3 unspecified atom stereocenters. The third-order valence-electron chi connectivity index (χ3n) is 13.2. The van der Waals surface area contributed by atoms with Gasteiger partial charge in [0.15, 0.2) is 0 Å². The highest BCUT2D eigenvalue weighted by molar-refractivity contribution is 7.90. The van der Waals surface area contributed by atoms with Crippen LogP contribution in [-0.2, 0) is 35.6 Å². The Morgan fingerprint density at radius 2 is 1.53 bits per heavy atom. The highest BCUT2D eigenvalue weighted by atomic mass is 32.2. The number of nitrogens with one attached hydrogen (secondary N) is 1. The predicted molar refractivity (Wildman–Crippen MR) is 233 cm³/mol. The summed E-state index contributed by atoms with van der Waals surface area (Å²) in [5, 5.41) is 13.1. The molecule has 0 fully saturated rings. The van der Waals surface area contributed by atoms with Crippen molar-refractivity contribution < 1.29 is 31.3 Å². The van der Waals surface area contributed by atoms with E-state index in [9.17, 15) is 26.7 Å². The van der Waals surface area contributed by atoms with Gasteiger partial charge in [0, 0.05) is 59.4 Å². The number of aliphatic carboxylic acids is 1. The molecule has 1 heterocycles. The average Bonchev–Trinajstić information content (AvgIpc) is 3.36. The zero-order chi connectivity index (χ0) is 41.9. The maximum absolute atomic E-state index is 11.9. The molecule has 9 nitrogen and oxygen atoms in total. The molecular formula is C46H62N2O7S2. The standard InChI is InChI=1S/C46H62N2O7S2/c1-34-30-35(33-44(4,25-17-24-42(49)50)45(34,5)37-20-8-10-22-39(37)47-26-12-14-29-57(53,54)55)18-16-19-36-31-41-46(6,43(2,3)32-36)38-21-9-11-23-40(38)48(41)27-13-15-28-56(7,51)52/h8-11,16,18-23,30-31,47H,1,12-15,17,24-29,32-33H2,2-7H3,(H,49,50)(H,53,54,55)/b18-16+,36-19-. The lowest BCUT2D eigenvalue weighted by molar-refractivity contribution is -0.137. The van der Waals surface area contributed by atoms with Crippen molar-refractivity contribution in [3.8, 4) is 0 Å². The second kappa shape index (κ2) is 17.1. The van der Waals surface area contributed by atoms with Gasteiger partial charge in [0.05, 0.1) is 5.75 Å². The number of carboxylic acid groups (broad SMARTS) is 1. The van der Waals surface area contributed by atoms with Crippen molar-refractivity contribution in [2.75, 3.05) is 41.1 Å². The fourth-order valence-electron chi connectivity index (χ4n) is 9.51. The maximum Gasteiger partial charge on any atom is 0.303 e. The van der Waals surface area contributed by atoms with Crippen molar-refractivity contribution in [1.29, 1.82) is 0 Å². The number of rotatable bonds is 18. The van der Waals surface area contributed by atoms with E-state index in [0.717, 1.165) is 41.8 Å². The van der Waals surface area contributed by atoms with E-state index in [1.165, 1.54) is 28.8 Å². The van der Waals surface area contributed by atoms with Crippen LogP contribution in [0.1, 0.15) is 104 Å². The number of benzene rings is 2. The Morgan fingerprint density at radius 1 is 0.860 bits per heavy atom. The largest absolute Gasteiger partial charge is 0.481 e. The van der Waals surface area contributed by atoms with Crippen LogP contribution in [0.2, 0.25) is 0 Å². The molecule has 0 spiro atoms. The van der Waals surface area contributed by atoms with E-state index in [0.29, 0.717) is 45.1 Å². The second-order valence-electron chi connectivity index (χ2n) is 17.6. The quantitative estimate of drug-likeness (QED) is 0.0991. The van der Waals surface area contributed by atoms with Crippen LogP contribution in [0.5, 0.6) is 0 Å². The van der Waals surface area contributed by atoms with Crippen molar-refractivity contribution >= 4 is 37.3 Å². The van der Waals surface area contributed by atoms with Crippen LogP contribution in [0.4, 0.5) is 11.4 Å². The summed E-state index contributed by atoms with van der Waals surface area (Å²) < 4.78 is 55.3. The Morgan fingerprint density at radius 3 is 2.21 bits per heavy atom. The molecule has 0 bridgehead atoms. The van der Waals surface area contributed by atoms with Gasteiger partial charge in [0.1, 0.15) is 9.84 Å². The van der Waals surface area contributed by atoms with E-state index in [1.54, 1.807) is 0 Å². The van der Waals surface area contributed by atoms with Crippen LogP contribution in [0, 0.1) is 10.8 Å². The van der Waals surface area contributed by atoms with Gasteiger partial charge < -0.3 is 15.3 Å². The monoisotopic (exact) mass is 818 g/mol. The predicted octanol–water partition coefficient (Wildman–Crippen LogP) is 9.57. The number of fused-ring (bicyclic) bond motifs is 3. The minimum absolute atomic E-state index is 0.0781. The van der Waals surface area contributed by atoms with Gasteiger partial charge in [-0.3, -0.25) is 9.35 Å². The highest BCUT2D eigenvalue weighted by Gasteiger charge is 2.54. The molecule has 11 heteroatoms. The first kappa shape index (κ1) is 44.2. The molecule has 2 aromatic rings. The summed E-state index contributed by atoms with van der Waals surface area (Å²) in [5.74, 6) is -0.908. The van der Waals surface area contributed by atoms with E-state index in [2.05, 4.69) is 112 Å². The van der Waals surface area contributed by atoms with Crippen molar-refractivity contribution in [2.24, 2.45) is 10.8 Å². The van der Waals surface area contributed by atoms with Gasteiger partial charge in [-0.25, -0.2) is 8.42 Å². The van der Waals surface area contributed by atoms with Gasteiger partial charge in [-0.05, 0) is 115 Å². The molecule has 0 saturated heterocycles. The molecular weight excluding hydrogens is 757 g/mol. The van der Waals surface area contributed by atoms with Crippen LogP contribution in [0.25, 0.3) is 0 Å². The number of hydrogen-bond acceptors (Lipinski definition) is 7. The normalized spacial score (nSPS) is 25.3. The van der Waals surface area contributed by atoms with Gasteiger partial charge >= 0.3 is 5.97 Å². The molecule has 0 aromatic heterocycles. The summed E-state index contributed by atoms with van der Waals surface area (Å²) in [5.41, 5.74) is 7.78. The Labute approximate surface area is 341 Å². The van der Waals surface area contributed by atoms with Gasteiger partial charge in [-0.2, -0.15) is 8.42 Å². The summed E-state index contributed by atoms with van der Waals surface area (Å²) in [6, 6.07) is 16.7. The third-order valence-corrected chi connectivity index (χ3v) is 15.0. The molecule has 5 rings (SSSR count). The van der Waals surface area contributed by atoms with E-state index in [-0.39, 0.29) is 34.2 Å². The average molecular weight is 819 g/mol. The summed E-state index contributed by atoms with van der Waals surface area (Å²) in [6.07, 6.45) is 17.5. The van der Waals surface area contributed by atoms with Crippen LogP contribution < -0.4 is 10.2 Å². The number of carboxylic acids is 1. The number of anilines is 2. The first-order valence-corrected chi connectivity index (χ1v) is 23.8. The van der Waals surface area contributed by atoms with Crippen LogP contribution >= 0.6 is 0 Å². The number of carbonyl (C=O) groups is 1. The summed E-state index contributed by atoms with van der Waals surface area (Å²) in [7, 11) is -7.03. The molecule has 3 atom stereocenters. The highest BCUT2D eigenvalue weighted by Crippen LogP contribution is 2.61. The van der Waals surface area contributed by atoms with Crippen molar-refractivity contribution in [2.45, 2.75) is 103 Å². The fraction of sp³-hybridized carbons (Fsp3) is 0.500. The molecule has 310 valence electrons. The van der Waals surface area contributed by atoms with Gasteiger partial charge in [0.2, 0.25) is 0 Å². The number of hydrogen-bond donors (Lipinski definition) is 3. The smallest absolute Gasteiger partial charge is 0.303 e. The summed E-state index contributed by atoms with van der Waals surface area (Å²) >= 11 is 0. The lowest BCUT2D eigenvalue weighted by Crippen LogP contribution is -2.45. The minimum atomic E-state index is -4.01. The number of unbranched alkanes of at least 4 members (excludes halogenated alkanes) is 2. The molecule has 0 saturated carbocycles. The van der Waals surface area contributed by atoms with E-state index < -0.39 is 31.3 Å². The summed E-state index contributed by atoms with van der Waals surface area (Å²) in [6.45, 7) is 17.4. The molecule has 0 radical (unpaired) electrons. The molecule has 2 aliphatic carbocycles. The van der Waals surface area contributed by atoms with Crippen LogP contribution in [0.15, 0.2) is 108 Å².